The first-order valence-electron chi connectivity index (χ1n) is 4.90. The molecule has 1 aliphatic rings. The van der Waals surface area contributed by atoms with E-state index in [-0.39, 0.29) is 6.10 Å². The summed E-state index contributed by atoms with van der Waals surface area (Å²) in [4.78, 5) is 0. The van der Waals surface area contributed by atoms with Crippen LogP contribution in [0.5, 0.6) is 0 Å². The smallest absolute Gasteiger partial charge is 0.0961 e. The fourth-order valence-corrected chi connectivity index (χ4v) is 2.95. The molecule has 1 heterocycles. The van der Waals surface area contributed by atoms with Crippen molar-refractivity contribution < 1.29 is 5.11 Å². The van der Waals surface area contributed by atoms with E-state index in [1.54, 1.807) is 0 Å². The van der Waals surface area contributed by atoms with Gasteiger partial charge in [-0.3, -0.25) is 0 Å². The highest BCUT2D eigenvalue weighted by atomic mass is 35.5. The fraction of sp³-hybridized carbons (Fsp3) is 0.636. The molecule has 1 fully saturated rings. The number of aliphatic hydroxyl groups excluding tert-OH is 1. The molecule has 14 heavy (non-hydrogen) atoms. The molecule has 2 unspecified atom stereocenters. The summed E-state index contributed by atoms with van der Waals surface area (Å²) in [6, 6.07) is 2.01. The van der Waals surface area contributed by atoms with E-state index in [9.17, 15) is 5.11 Å². The summed E-state index contributed by atoms with van der Waals surface area (Å²) in [5, 5.41) is 11.9. The third-order valence-electron chi connectivity index (χ3n) is 3.18. The maximum atomic E-state index is 9.97. The lowest BCUT2D eigenvalue weighted by atomic mass is 10.0. The van der Waals surface area contributed by atoms with Crippen molar-refractivity contribution in [1.82, 2.24) is 0 Å². The zero-order valence-corrected chi connectivity index (χ0v) is 10.0. The van der Waals surface area contributed by atoms with Crippen LogP contribution >= 0.6 is 22.9 Å². The Morgan fingerprint density at radius 1 is 1.71 bits per heavy atom. The lowest BCUT2D eigenvalue weighted by Crippen LogP contribution is -2.16. The summed E-state index contributed by atoms with van der Waals surface area (Å²) in [6.07, 6.45) is 1.61. The molecular formula is C11H15ClOS. The lowest BCUT2D eigenvalue weighted by Gasteiger charge is -2.11. The van der Waals surface area contributed by atoms with Gasteiger partial charge in [0.1, 0.15) is 0 Å². The molecule has 0 saturated heterocycles. The Kier molecular flexibility index (Phi) is 2.63. The Bertz CT molecular complexity index is 332. The highest BCUT2D eigenvalue weighted by Crippen LogP contribution is 2.54. The predicted molar refractivity (Wildman–Crippen MR) is 60.9 cm³/mol. The third-order valence-corrected chi connectivity index (χ3v) is 4.43. The normalized spacial score (nSPS) is 26.1. The molecule has 0 bridgehead atoms. The molecule has 0 aromatic carbocycles. The summed E-state index contributed by atoms with van der Waals surface area (Å²) < 4.78 is 0.822. The van der Waals surface area contributed by atoms with Crippen LogP contribution < -0.4 is 0 Å². The van der Waals surface area contributed by atoms with Crippen molar-refractivity contribution in [3.05, 3.63) is 21.3 Å². The molecule has 1 aliphatic carbocycles. The van der Waals surface area contributed by atoms with E-state index in [1.807, 2.05) is 11.4 Å². The molecule has 0 aliphatic heterocycles. The highest BCUT2D eigenvalue weighted by Gasteiger charge is 2.49. The first-order valence-corrected chi connectivity index (χ1v) is 6.16. The van der Waals surface area contributed by atoms with Crippen LogP contribution in [0.15, 0.2) is 11.4 Å². The van der Waals surface area contributed by atoms with Gasteiger partial charge in [-0.1, -0.05) is 25.4 Å². The Morgan fingerprint density at radius 3 is 2.79 bits per heavy atom. The van der Waals surface area contributed by atoms with Crippen molar-refractivity contribution in [2.75, 3.05) is 0 Å². The summed E-state index contributed by atoms with van der Waals surface area (Å²) >= 11 is 7.52. The van der Waals surface area contributed by atoms with Crippen molar-refractivity contribution in [1.29, 1.82) is 0 Å². The van der Waals surface area contributed by atoms with E-state index in [4.69, 9.17) is 11.6 Å². The molecule has 1 aromatic heterocycles. The van der Waals surface area contributed by atoms with Crippen molar-refractivity contribution in [3.8, 4) is 0 Å². The van der Waals surface area contributed by atoms with Gasteiger partial charge in [0.15, 0.2) is 0 Å². The summed E-state index contributed by atoms with van der Waals surface area (Å²) in [5.41, 5.74) is 1.42. The van der Waals surface area contributed by atoms with Crippen LogP contribution in [-0.4, -0.2) is 11.2 Å². The van der Waals surface area contributed by atoms with Gasteiger partial charge >= 0.3 is 0 Å². The Hall–Kier alpha value is -0.0500. The van der Waals surface area contributed by atoms with Gasteiger partial charge in [-0.2, -0.15) is 0 Å². The lowest BCUT2D eigenvalue weighted by molar-refractivity contribution is 0.137. The molecule has 0 radical (unpaired) electrons. The molecule has 78 valence electrons. The number of rotatable bonds is 3. The van der Waals surface area contributed by atoms with E-state index in [0.717, 1.165) is 16.3 Å². The minimum Gasteiger partial charge on any atom is -0.392 e. The van der Waals surface area contributed by atoms with Crippen LogP contribution in [0.2, 0.25) is 4.34 Å². The van der Waals surface area contributed by atoms with Gasteiger partial charge in [-0.25, -0.2) is 0 Å². The van der Waals surface area contributed by atoms with E-state index < -0.39 is 0 Å². The molecule has 1 nitrogen and oxygen atoms in total. The van der Waals surface area contributed by atoms with Gasteiger partial charge in [-0.15, -0.1) is 11.3 Å². The average Bonchev–Trinajstić information content (AvgIpc) is 2.54. The van der Waals surface area contributed by atoms with Crippen LogP contribution in [-0.2, 0) is 6.42 Å². The fourth-order valence-electron chi connectivity index (χ4n) is 2.00. The van der Waals surface area contributed by atoms with Crippen LogP contribution in [0.4, 0.5) is 0 Å². The summed E-state index contributed by atoms with van der Waals surface area (Å²) in [5.74, 6) is 0.457. The Balaban J connectivity index is 1.96. The molecule has 0 spiro atoms. The number of hydrogen-bond donors (Lipinski definition) is 1. The zero-order valence-electron chi connectivity index (χ0n) is 8.46. The van der Waals surface area contributed by atoms with Crippen LogP contribution in [0.3, 0.4) is 0 Å². The number of hydrogen-bond acceptors (Lipinski definition) is 2. The monoisotopic (exact) mass is 230 g/mol. The summed E-state index contributed by atoms with van der Waals surface area (Å²) in [7, 11) is 0. The molecule has 3 heteroatoms. The number of halogens is 1. The second-order valence-electron chi connectivity index (χ2n) is 4.79. The zero-order chi connectivity index (χ0) is 10.3. The van der Waals surface area contributed by atoms with Crippen LogP contribution in [0.25, 0.3) is 0 Å². The highest BCUT2D eigenvalue weighted by molar-refractivity contribution is 7.14. The first-order chi connectivity index (χ1) is 6.50. The second-order valence-corrected chi connectivity index (χ2v) is 6.31. The van der Waals surface area contributed by atoms with Gasteiger partial charge in [0.25, 0.3) is 0 Å². The Morgan fingerprint density at radius 2 is 2.36 bits per heavy atom. The molecule has 2 rings (SSSR count). The molecular weight excluding hydrogens is 216 g/mol. The van der Waals surface area contributed by atoms with Gasteiger partial charge < -0.3 is 5.11 Å². The van der Waals surface area contributed by atoms with Gasteiger partial charge in [0, 0.05) is 6.42 Å². The molecule has 0 amide bonds. The van der Waals surface area contributed by atoms with E-state index in [2.05, 4.69) is 13.8 Å². The van der Waals surface area contributed by atoms with Gasteiger partial charge in [0.05, 0.1) is 10.4 Å². The van der Waals surface area contributed by atoms with Gasteiger partial charge in [-0.05, 0) is 34.8 Å². The minimum absolute atomic E-state index is 0.225. The predicted octanol–water partition coefficient (Wildman–Crippen LogP) is 3.35. The Labute approximate surface area is 93.7 Å². The number of thiophene rings is 1. The molecule has 1 aromatic rings. The maximum absolute atomic E-state index is 9.97. The minimum atomic E-state index is -0.225. The van der Waals surface area contributed by atoms with Crippen LogP contribution in [0, 0.1) is 11.3 Å². The number of aliphatic hydroxyl groups is 1. The average molecular weight is 231 g/mol. The first kappa shape index (κ1) is 10.5. The van der Waals surface area contributed by atoms with E-state index in [0.29, 0.717) is 17.8 Å². The third kappa shape index (κ3) is 1.97. The quantitative estimate of drug-likeness (QED) is 0.845. The van der Waals surface area contributed by atoms with Crippen molar-refractivity contribution in [3.63, 3.8) is 0 Å². The van der Waals surface area contributed by atoms with Crippen LogP contribution in [0.1, 0.15) is 25.8 Å². The van der Waals surface area contributed by atoms with Crippen molar-refractivity contribution in [2.24, 2.45) is 11.3 Å². The summed E-state index contributed by atoms with van der Waals surface area (Å²) in [6.45, 7) is 4.41. The van der Waals surface area contributed by atoms with E-state index >= 15 is 0 Å². The standard InChI is InChI=1S/C11H15ClOS/c1-11(2)6-8(11)9(13)5-7-3-4-14-10(7)12/h3-4,8-9,13H,5-6H2,1-2H3. The maximum Gasteiger partial charge on any atom is 0.0961 e. The topological polar surface area (TPSA) is 20.2 Å². The SMILES string of the molecule is CC1(C)CC1C(O)Cc1ccsc1Cl. The molecule has 1 saturated carbocycles. The van der Waals surface area contributed by atoms with Crippen molar-refractivity contribution >= 4 is 22.9 Å². The second kappa shape index (κ2) is 3.51. The molecule has 2 atom stereocenters. The largest absolute Gasteiger partial charge is 0.392 e. The van der Waals surface area contributed by atoms with Gasteiger partial charge in [0.2, 0.25) is 0 Å². The molecule has 1 N–H and O–H groups in total. The van der Waals surface area contributed by atoms with E-state index in [1.165, 1.54) is 11.3 Å². The van der Waals surface area contributed by atoms with Crippen molar-refractivity contribution in [2.45, 2.75) is 32.8 Å².